The third-order valence-electron chi connectivity index (χ3n) is 3.56. The van der Waals surface area contributed by atoms with Crippen molar-refractivity contribution in [3.63, 3.8) is 0 Å². The zero-order valence-corrected chi connectivity index (χ0v) is 12.7. The molecule has 1 aromatic heterocycles. The zero-order valence-electron chi connectivity index (χ0n) is 11.9. The van der Waals surface area contributed by atoms with E-state index in [9.17, 15) is 0 Å². The van der Waals surface area contributed by atoms with E-state index in [0.717, 1.165) is 54.8 Å². The average Bonchev–Trinajstić information content (AvgIpc) is 2.82. The van der Waals surface area contributed by atoms with Crippen molar-refractivity contribution in [1.82, 2.24) is 14.8 Å². The van der Waals surface area contributed by atoms with Gasteiger partial charge in [0.2, 0.25) is 0 Å². The highest BCUT2D eigenvalue weighted by molar-refractivity contribution is 7.11. The van der Waals surface area contributed by atoms with Crippen LogP contribution in [0.5, 0.6) is 0 Å². The number of piperazine rings is 1. The molecule has 108 valence electrons. The van der Waals surface area contributed by atoms with Crippen molar-refractivity contribution in [2.75, 3.05) is 39.8 Å². The second-order valence-electron chi connectivity index (χ2n) is 4.83. The molecule has 1 aromatic rings. The summed E-state index contributed by atoms with van der Waals surface area (Å²) in [4.78, 5) is 10.8. The van der Waals surface area contributed by atoms with E-state index in [1.54, 1.807) is 18.4 Å². The Balaban J connectivity index is 1.92. The van der Waals surface area contributed by atoms with E-state index in [1.165, 1.54) is 0 Å². The highest BCUT2D eigenvalue weighted by Gasteiger charge is 2.18. The molecule has 2 rings (SSSR count). The van der Waals surface area contributed by atoms with Gasteiger partial charge in [0, 0.05) is 44.7 Å². The standard InChI is InChI=1S/C13H24N4OS/c1-3-16-4-6-17(7-5-16)9-13-15-11(10-18-2)12(8-14)19-13/h3-10,14H2,1-2H3. The fraction of sp³-hybridized carbons (Fsp3) is 0.769. The zero-order chi connectivity index (χ0) is 13.7. The number of nitrogens with zero attached hydrogens (tertiary/aromatic N) is 3. The van der Waals surface area contributed by atoms with Gasteiger partial charge in [0.1, 0.15) is 5.01 Å². The van der Waals surface area contributed by atoms with Crippen molar-refractivity contribution in [2.45, 2.75) is 26.6 Å². The first-order valence-corrected chi connectivity index (χ1v) is 7.69. The van der Waals surface area contributed by atoms with Crippen molar-refractivity contribution < 1.29 is 4.74 Å². The minimum atomic E-state index is 0.556. The summed E-state index contributed by atoms with van der Waals surface area (Å²) in [7, 11) is 1.70. The van der Waals surface area contributed by atoms with Gasteiger partial charge in [-0.15, -0.1) is 11.3 Å². The molecule has 1 fully saturated rings. The van der Waals surface area contributed by atoms with Crippen molar-refractivity contribution in [3.05, 3.63) is 15.6 Å². The molecule has 1 aliphatic rings. The predicted octanol–water partition coefficient (Wildman–Crippen LogP) is 0.886. The fourth-order valence-electron chi connectivity index (χ4n) is 2.37. The van der Waals surface area contributed by atoms with Gasteiger partial charge >= 0.3 is 0 Å². The molecule has 6 heteroatoms. The Morgan fingerprint density at radius 2 is 1.95 bits per heavy atom. The van der Waals surface area contributed by atoms with E-state index in [0.29, 0.717) is 13.2 Å². The van der Waals surface area contributed by atoms with Gasteiger partial charge in [-0.3, -0.25) is 4.90 Å². The molecule has 0 radical (unpaired) electrons. The lowest BCUT2D eigenvalue weighted by molar-refractivity contribution is 0.131. The molecule has 0 bridgehead atoms. The van der Waals surface area contributed by atoms with Crippen LogP contribution >= 0.6 is 11.3 Å². The maximum absolute atomic E-state index is 5.76. The molecule has 0 aromatic carbocycles. The van der Waals surface area contributed by atoms with Gasteiger partial charge in [-0.2, -0.15) is 0 Å². The summed E-state index contributed by atoms with van der Waals surface area (Å²) in [6.07, 6.45) is 0. The van der Waals surface area contributed by atoms with E-state index < -0.39 is 0 Å². The summed E-state index contributed by atoms with van der Waals surface area (Å²) in [5.74, 6) is 0. The van der Waals surface area contributed by atoms with E-state index >= 15 is 0 Å². The average molecular weight is 284 g/mol. The molecule has 0 amide bonds. The van der Waals surface area contributed by atoms with Crippen LogP contribution in [0.3, 0.4) is 0 Å². The van der Waals surface area contributed by atoms with Gasteiger partial charge in [0.25, 0.3) is 0 Å². The minimum Gasteiger partial charge on any atom is -0.378 e. The van der Waals surface area contributed by atoms with Gasteiger partial charge < -0.3 is 15.4 Å². The van der Waals surface area contributed by atoms with Gasteiger partial charge in [-0.1, -0.05) is 6.92 Å². The molecule has 19 heavy (non-hydrogen) atoms. The molecule has 1 aliphatic heterocycles. The van der Waals surface area contributed by atoms with Crippen LogP contribution in [0, 0.1) is 0 Å². The largest absolute Gasteiger partial charge is 0.378 e. The maximum Gasteiger partial charge on any atom is 0.107 e. The Kier molecular flexibility index (Phi) is 5.72. The second kappa shape index (κ2) is 7.31. The molecule has 0 saturated carbocycles. The van der Waals surface area contributed by atoms with E-state index in [1.807, 2.05) is 0 Å². The van der Waals surface area contributed by atoms with Crippen molar-refractivity contribution in [1.29, 1.82) is 0 Å². The lowest BCUT2D eigenvalue weighted by Crippen LogP contribution is -2.45. The third kappa shape index (κ3) is 3.97. The monoisotopic (exact) mass is 284 g/mol. The number of likely N-dealkylation sites (N-methyl/N-ethyl adjacent to an activating group) is 1. The summed E-state index contributed by atoms with van der Waals surface area (Å²) in [6.45, 7) is 10.0. The molecule has 0 unspecified atom stereocenters. The summed E-state index contributed by atoms with van der Waals surface area (Å²) in [5.41, 5.74) is 6.77. The molecular weight excluding hydrogens is 260 g/mol. The lowest BCUT2D eigenvalue weighted by atomic mass is 10.3. The number of methoxy groups -OCH3 is 1. The van der Waals surface area contributed by atoms with Crippen molar-refractivity contribution >= 4 is 11.3 Å². The van der Waals surface area contributed by atoms with Crippen LogP contribution in [0.1, 0.15) is 22.5 Å². The summed E-state index contributed by atoms with van der Waals surface area (Å²) >= 11 is 1.73. The molecule has 2 N–H and O–H groups in total. The van der Waals surface area contributed by atoms with Gasteiger partial charge in [0.15, 0.2) is 0 Å². The molecular formula is C13H24N4OS. The van der Waals surface area contributed by atoms with Crippen LogP contribution < -0.4 is 5.73 Å². The molecule has 0 atom stereocenters. The molecule has 0 spiro atoms. The van der Waals surface area contributed by atoms with Crippen LogP contribution in [0.15, 0.2) is 0 Å². The smallest absolute Gasteiger partial charge is 0.107 e. The van der Waals surface area contributed by atoms with Gasteiger partial charge in [-0.05, 0) is 6.54 Å². The fourth-order valence-corrected chi connectivity index (χ4v) is 3.36. The number of hydrogen-bond acceptors (Lipinski definition) is 6. The van der Waals surface area contributed by atoms with E-state index in [-0.39, 0.29) is 0 Å². The number of rotatable bonds is 6. The highest BCUT2D eigenvalue weighted by Crippen LogP contribution is 2.20. The number of ether oxygens (including phenoxy) is 1. The minimum absolute atomic E-state index is 0.556. The number of nitrogens with two attached hydrogens (primary N) is 1. The Morgan fingerprint density at radius 3 is 2.53 bits per heavy atom. The Morgan fingerprint density at radius 1 is 1.26 bits per heavy atom. The number of hydrogen-bond donors (Lipinski definition) is 1. The summed E-state index contributed by atoms with van der Waals surface area (Å²) in [6, 6.07) is 0. The summed E-state index contributed by atoms with van der Waals surface area (Å²) in [5, 5.41) is 1.16. The Hall–Kier alpha value is -0.530. The quantitative estimate of drug-likeness (QED) is 0.840. The molecule has 1 saturated heterocycles. The molecule has 2 heterocycles. The van der Waals surface area contributed by atoms with E-state index in [2.05, 4.69) is 21.7 Å². The molecule has 5 nitrogen and oxygen atoms in total. The van der Waals surface area contributed by atoms with Gasteiger partial charge in [-0.25, -0.2) is 4.98 Å². The normalized spacial score (nSPS) is 18.1. The van der Waals surface area contributed by atoms with Crippen LogP contribution in [0.25, 0.3) is 0 Å². The first-order valence-electron chi connectivity index (χ1n) is 6.88. The van der Waals surface area contributed by atoms with Crippen LogP contribution in [-0.2, 0) is 24.4 Å². The maximum atomic E-state index is 5.76. The SMILES string of the molecule is CCN1CCN(Cc2nc(COC)c(CN)s2)CC1. The van der Waals surface area contributed by atoms with Crippen molar-refractivity contribution in [3.8, 4) is 0 Å². The van der Waals surface area contributed by atoms with Crippen LogP contribution in [-0.4, -0.2) is 54.6 Å². The number of aromatic nitrogens is 1. The highest BCUT2D eigenvalue weighted by atomic mass is 32.1. The van der Waals surface area contributed by atoms with E-state index in [4.69, 9.17) is 10.5 Å². The first kappa shape index (κ1) is 14.9. The lowest BCUT2D eigenvalue weighted by Gasteiger charge is -2.33. The third-order valence-corrected chi connectivity index (χ3v) is 4.66. The van der Waals surface area contributed by atoms with Crippen LogP contribution in [0.2, 0.25) is 0 Å². The molecule has 0 aliphatic carbocycles. The van der Waals surface area contributed by atoms with Gasteiger partial charge in [0.05, 0.1) is 18.8 Å². The van der Waals surface area contributed by atoms with Crippen molar-refractivity contribution in [2.24, 2.45) is 5.73 Å². The Bertz CT molecular complexity index is 388. The second-order valence-corrected chi connectivity index (χ2v) is 5.99. The summed E-state index contributed by atoms with van der Waals surface area (Å²) < 4.78 is 5.17. The predicted molar refractivity (Wildman–Crippen MR) is 78.1 cm³/mol. The topological polar surface area (TPSA) is 54.6 Å². The van der Waals surface area contributed by atoms with Crippen LogP contribution in [0.4, 0.5) is 0 Å². The number of thiazole rings is 1. The Labute approximate surface area is 119 Å². The first-order chi connectivity index (χ1) is 9.26.